The van der Waals surface area contributed by atoms with Crippen molar-refractivity contribution in [3.05, 3.63) is 71.3 Å². The van der Waals surface area contributed by atoms with Crippen molar-refractivity contribution in [3.8, 4) is 5.75 Å². The van der Waals surface area contributed by atoms with Crippen molar-refractivity contribution in [2.45, 2.75) is 16.2 Å². The van der Waals surface area contributed by atoms with E-state index in [9.17, 15) is 22.0 Å². The van der Waals surface area contributed by atoms with Crippen molar-refractivity contribution in [2.24, 2.45) is 0 Å². The minimum Gasteiger partial charge on any atom is -0.488 e. The molecule has 28 heavy (non-hydrogen) atoms. The number of halogens is 3. The summed E-state index contributed by atoms with van der Waals surface area (Å²) in [4.78, 5) is 13.1. The number of benzene rings is 2. The molecule has 0 bridgehead atoms. The van der Waals surface area contributed by atoms with Gasteiger partial charge in [0.1, 0.15) is 17.7 Å². The van der Waals surface area contributed by atoms with Gasteiger partial charge in [-0.2, -0.15) is 0 Å². The molecule has 2 aromatic rings. The van der Waals surface area contributed by atoms with Gasteiger partial charge in [-0.3, -0.25) is 4.79 Å². The van der Waals surface area contributed by atoms with Gasteiger partial charge in [-0.05, 0) is 42.5 Å². The van der Waals surface area contributed by atoms with E-state index in [1.165, 1.54) is 31.3 Å². The zero-order chi connectivity index (χ0) is 20.6. The van der Waals surface area contributed by atoms with Gasteiger partial charge < -0.3 is 9.64 Å². The predicted octanol–water partition coefficient (Wildman–Crippen LogP) is 3.54. The van der Waals surface area contributed by atoms with Gasteiger partial charge in [-0.25, -0.2) is 17.2 Å². The van der Waals surface area contributed by atoms with Crippen LogP contribution in [-0.2, 0) is 14.6 Å². The third-order valence-corrected chi connectivity index (χ3v) is 7.02. The largest absolute Gasteiger partial charge is 0.488 e. The average molecular weight is 428 g/mol. The summed E-state index contributed by atoms with van der Waals surface area (Å²) in [5.74, 6) is -2.88. The maximum Gasteiger partial charge on any atom is 0.246 e. The summed E-state index contributed by atoms with van der Waals surface area (Å²) in [6, 6.07) is 5.90. The van der Waals surface area contributed by atoms with Crippen molar-refractivity contribution in [1.29, 1.82) is 0 Å². The maximum absolute atomic E-state index is 14.7. The van der Waals surface area contributed by atoms with E-state index in [-0.39, 0.29) is 11.5 Å². The molecule has 148 valence electrons. The van der Waals surface area contributed by atoms with Gasteiger partial charge in [0, 0.05) is 12.1 Å². The molecule has 1 amide bonds. The fourth-order valence-electron chi connectivity index (χ4n) is 3.16. The summed E-state index contributed by atoms with van der Waals surface area (Å²) in [7, 11) is -2.89. The molecule has 3 rings (SSSR count). The van der Waals surface area contributed by atoms with E-state index in [2.05, 4.69) is 6.58 Å². The van der Waals surface area contributed by atoms with Gasteiger partial charge in [0.15, 0.2) is 21.4 Å². The van der Waals surface area contributed by atoms with E-state index in [0.29, 0.717) is 5.02 Å². The normalized spacial score (nSPS) is 18.7. The molecule has 1 aliphatic heterocycles. The van der Waals surface area contributed by atoms with Gasteiger partial charge in [0.2, 0.25) is 5.91 Å². The Morgan fingerprint density at radius 1 is 1.21 bits per heavy atom. The number of amides is 1. The molecule has 5 nitrogen and oxygen atoms in total. The fraction of sp³-hybridized carbons (Fsp3) is 0.211. The average Bonchev–Trinajstić information content (AvgIpc) is 2.69. The van der Waals surface area contributed by atoms with Gasteiger partial charge >= 0.3 is 0 Å². The summed E-state index contributed by atoms with van der Waals surface area (Å²) in [6.45, 7) is 3.04. The highest BCUT2D eigenvalue weighted by Gasteiger charge is 2.46. The molecule has 1 heterocycles. The number of rotatable bonds is 4. The minimum atomic E-state index is -4.24. The molecule has 0 radical (unpaired) electrons. The van der Waals surface area contributed by atoms with Crippen molar-refractivity contribution < 1.29 is 26.7 Å². The highest BCUT2D eigenvalue weighted by molar-refractivity contribution is 7.91. The Morgan fingerprint density at radius 3 is 2.43 bits per heavy atom. The second kappa shape index (κ2) is 7.52. The number of likely N-dealkylation sites (N-methyl/N-ethyl adjacent to an activating group) is 1. The van der Waals surface area contributed by atoms with Gasteiger partial charge in [0.25, 0.3) is 0 Å². The van der Waals surface area contributed by atoms with Crippen LogP contribution in [0.25, 0.3) is 0 Å². The van der Waals surface area contributed by atoms with Crippen LogP contribution in [-0.4, -0.2) is 38.9 Å². The molecule has 2 atom stereocenters. The van der Waals surface area contributed by atoms with Crippen molar-refractivity contribution in [2.75, 3.05) is 13.7 Å². The van der Waals surface area contributed by atoms with E-state index in [0.717, 1.165) is 23.1 Å². The predicted molar refractivity (Wildman–Crippen MR) is 100.0 cm³/mol. The first-order valence-electron chi connectivity index (χ1n) is 8.18. The number of ether oxygens (including phenoxy) is 1. The van der Waals surface area contributed by atoms with Gasteiger partial charge in [-0.15, -0.1) is 0 Å². The van der Waals surface area contributed by atoms with E-state index < -0.39 is 50.0 Å². The van der Waals surface area contributed by atoms with Crippen LogP contribution in [0.4, 0.5) is 8.78 Å². The Kier molecular flexibility index (Phi) is 5.45. The molecule has 1 aliphatic rings. The van der Waals surface area contributed by atoms with Crippen LogP contribution in [0, 0.1) is 11.6 Å². The zero-order valence-electron chi connectivity index (χ0n) is 14.7. The standard InChI is InChI=1S/C19H16ClF2NO4S/c1-3-16(24)23(2)15-10-27-18-14(22)9-8-13(21)17(18)19(15)28(25,26)12-6-4-11(20)5-7-12/h3-9,15,19H,1,10H2,2H3/t15-,19+/m0/s1. The molecule has 9 heteroatoms. The molecule has 0 aromatic heterocycles. The summed E-state index contributed by atoms with van der Waals surface area (Å²) < 4.78 is 61.0. The Morgan fingerprint density at radius 2 is 1.82 bits per heavy atom. The van der Waals surface area contributed by atoms with Crippen LogP contribution in [0.3, 0.4) is 0 Å². The highest BCUT2D eigenvalue weighted by Crippen LogP contribution is 2.44. The van der Waals surface area contributed by atoms with E-state index in [1.54, 1.807) is 0 Å². The molecule has 0 spiro atoms. The highest BCUT2D eigenvalue weighted by atomic mass is 35.5. The van der Waals surface area contributed by atoms with Gasteiger partial charge in [0.05, 0.1) is 16.5 Å². The quantitative estimate of drug-likeness (QED) is 0.700. The smallest absolute Gasteiger partial charge is 0.246 e. The molecule has 0 N–H and O–H groups in total. The van der Waals surface area contributed by atoms with Crippen LogP contribution in [0.5, 0.6) is 5.75 Å². The molecule has 2 aromatic carbocycles. The first-order chi connectivity index (χ1) is 13.2. The lowest BCUT2D eigenvalue weighted by Crippen LogP contribution is -2.49. The molecule has 0 saturated heterocycles. The zero-order valence-corrected chi connectivity index (χ0v) is 16.3. The first-order valence-corrected chi connectivity index (χ1v) is 10.1. The topological polar surface area (TPSA) is 63.7 Å². The molecular weight excluding hydrogens is 412 g/mol. The number of fused-ring (bicyclic) bond motifs is 1. The summed E-state index contributed by atoms with van der Waals surface area (Å²) >= 11 is 5.83. The number of hydrogen-bond acceptors (Lipinski definition) is 4. The first kappa shape index (κ1) is 20.3. The van der Waals surface area contributed by atoms with Gasteiger partial charge in [-0.1, -0.05) is 18.2 Å². The molecule has 0 unspecified atom stereocenters. The number of carbonyl (C=O) groups is 1. The lowest BCUT2D eigenvalue weighted by Gasteiger charge is -2.38. The Bertz CT molecular complexity index is 1040. The monoisotopic (exact) mass is 427 g/mol. The molecule has 0 saturated carbocycles. The Balaban J connectivity index is 2.25. The molecular formula is C19H16ClF2NO4S. The van der Waals surface area contributed by atoms with E-state index in [1.807, 2.05) is 0 Å². The van der Waals surface area contributed by atoms with Crippen LogP contribution in [0.1, 0.15) is 10.8 Å². The van der Waals surface area contributed by atoms with Crippen molar-refractivity contribution in [1.82, 2.24) is 4.90 Å². The summed E-state index contributed by atoms with van der Waals surface area (Å²) in [5, 5.41) is -1.26. The number of carbonyl (C=O) groups excluding carboxylic acids is 1. The minimum absolute atomic E-state index is 0.136. The molecule has 0 aliphatic carbocycles. The van der Waals surface area contributed by atoms with Crippen molar-refractivity contribution >= 4 is 27.3 Å². The number of nitrogens with zero attached hydrogens (tertiary/aromatic N) is 1. The van der Waals surface area contributed by atoms with Crippen molar-refractivity contribution in [3.63, 3.8) is 0 Å². The van der Waals surface area contributed by atoms with Crippen LogP contribution < -0.4 is 4.74 Å². The second-order valence-electron chi connectivity index (χ2n) is 6.22. The second-order valence-corrected chi connectivity index (χ2v) is 8.73. The fourth-order valence-corrected chi connectivity index (χ4v) is 5.30. The number of sulfone groups is 1. The third kappa shape index (κ3) is 3.38. The summed E-state index contributed by atoms with van der Waals surface area (Å²) in [6.07, 6.45) is 1.00. The maximum atomic E-state index is 14.7. The molecule has 0 fully saturated rings. The van der Waals surface area contributed by atoms with Crippen LogP contribution in [0.2, 0.25) is 5.02 Å². The lowest BCUT2D eigenvalue weighted by atomic mass is 10.00. The van der Waals surface area contributed by atoms with E-state index >= 15 is 0 Å². The van der Waals surface area contributed by atoms with Crippen LogP contribution in [0.15, 0.2) is 53.9 Å². The van der Waals surface area contributed by atoms with Crippen LogP contribution >= 0.6 is 11.6 Å². The SMILES string of the molecule is C=CC(=O)N(C)[C@H]1COc2c(F)ccc(F)c2[C@@H]1S(=O)(=O)c1ccc(Cl)cc1. The lowest BCUT2D eigenvalue weighted by molar-refractivity contribution is -0.127. The third-order valence-electron chi connectivity index (χ3n) is 4.62. The number of hydrogen-bond donors (Lipinski definition) is 0. The summed E-state index contributed by atoms with van der Waals surface area (Å²) in [5.41, 5.74) is -0.449. The van der Waals surface area contributed by atoms with E-state index in [4.69, 9.17) is 16.3 Å². The Hall–Kier alpha value is -2.45. The Labute approximate surface area is 166 Å².